The Morgan fingerprint density at radius 1 is 1.29 bits per heavy atom. The summed E-state index contributed by atoms with van der Waals surface area (Å²) < 4.78 is 6.66. The molecular formula is C19H19NO2S2. The van der Waals surface area contributed by atoms with Gasteiger partial charge in [-0.1, -0.05) is 55.0 Å². The number of thioether (sulfide) groups is 1. The van der Waals surface area contributed by atoms with Crippen molar-refractivity contribution in [2.45, 2.75) is 44.8 Å². The van der Waals surface area contributed by atoms with Crippen LogP contribution in [0.2, 0.25) is 0 Å². The molecule has 3 aliphatic rings. The number of para-hydroxylation sites is 1. The van der Waals surface area contributed by atoms with E-state index in [1.807, 2.05) is 42.2 Å². The fourth-order valence-electron chi connectivity index (χ4n) is 3.53. The average Bonchev–Trinajstić information content (AvgIpc) is 3.17. The van der Waals surface area contributed by atoms with Crippen LogP contribution >= 0.6 is 24.0 Å². The molecule has 4 rings (SSSR count). The predicted molar refractivity (Wildman–Crippen MR) is 102 cm³/mol. The maximum Gasteiger partial charge on any atom is 0.266 e. The predicted octanol–water partition coefficient (Wildman–Crippen LogP) is 4.54. The lowest BCUT2D eigenvalue weighted by molar-refractivity contribution is -0.123. The van der Waals surface area contributed by atoms with Gasteiger partial charge in [-0.05, 0) is 43.6 Å². The van der Waals surface area contributed by atoms with E-state index < -0.39 is 0 Å². The minimum Gasteiger partial charge on any atom is -0.485 e. The van der Waals surface area contributed by atoms with Gasteiger partial charge in [-0.25, -0.2) is 0 Å². The Kier molecular flexibility index (Phi) is 4.22. The van der Waals surface area contributed by atoms with Crippen molar-refractivity contribution in [2.24, 2.45) is 0 Å². The highest BCUT2D eigenvalue weighted by molar-refractivity contribution is 8.26. The standard InChI is InChI=1S/C19H19NO2S2/c1-12-14(10-13-6-2-5-9-16(13)22-12)11-17-18(21)20(19(23)24-17)15-7-3-4-8-15/h2,5-6,9-12,15H,3-4,7-8H2,1H3. The van der Waals surface area contributed by atoms with Gasteiger partial charge in [0.2, 0.25) is 0 Å². The summed E-state index contributed by atoms with van der Waals surface area (Å²) in [5, 5.41) is 0. The molecule has 1 unspecified atom stereocenters. The van der Waals surface area contributed by atoms with Crippen LogP contribution in [0.1, 0.15) is 38.2 Å². The summed E-state index contributed by atoms with van der Waals surface area (Å²) >= 11 is 6.89. The lowest BCUT2D eigenvalue weighted by Crippen LogP contribution is -2.36. The van der Waals surface area contributed by atoms with Crippen LogP contribution in [0.3, 0.4) is 0 Å². The monoisotopic (exact) mass is 357 g/mol. The molecule has 2 fully saturated rings. The van der Waals surface area contributed by atoms with E-state index >= 15 is 0 Å². The van der Waals surface area contributed by atoms with Gasteiger partial charge in [0.05, 0.1) is 4.91 Å². The second kappa shape index (κ2) is 6.37. The normalized spacial score (nSPS) is 25.9. The van der Waals surface area contributed by atoms with Crippen LogP contribution in [0, 0.1) is 0 Å². The molecule has 24 heavy (non-hydrogen) atoms. The fourth-order valence-corrected chi connectivity index (χ4v) is 4.93. The molecule has 1 saturated carbocycles. The van der Waals surface area contributed by atoms with Crippen molar-refractivity contribution in [2.75, 3.05) is 0 Å². The molecule has 0 aromatic heterocycles. The molecule has 3 nitrogen and oxygen atoms in total. The number of hydrogen-bond donors (Lipinski definition) is 0. The van der Waals surface area contributed by atoms with Gasteiger partial charge in [0.15, 0.2) is 0 Å². The van der Waals surface area contributed by atoms with E-state index in [1.165, 1.54) is 24.6 Å². The van der Waals surface area contributed by atoms with Crippen molar-refractivity contribution in [3.63, 3.8) is 0 Å². The van der Waals surface area contributed by atoms with Gasteiger partial charge in [0.1, 0.15) is 16.2 Å². The average molecular weight is 358 g/mol. The van der Waals surface area contributed by atoms with E-state index in [9.17, 15) is 4.79 Å². The maximum absolute atomic E-state index is 12.8. The first-order valence-corrected chi connectivity index (χ1v) is 9.60. The molecule has 0 radical (unpaired) electrons. The first-order chi connectivity index (χ1) is 11.6. The number of carbonyl (C=O) groups is 1. The third-order valence-corrected chi connectivity index (χ3v) is 6.16. The SMILES string of the molecule is CC1Oc2ccccc2C=C1C=C1SC(=S)N(C2CCCC2)C1=O. The fraction of sp³-hybridized carbons (Fsp3) is 0.368. The second-order valence-electron chi connectivity index (χ2n) is 6.43. The van der Waals surface area contributed by atoms with Crippen LogP contribution in [-0.2, 0) is 4.79 Å². The molecule has 0 spiro atoms. The van der Waals surface area contributed by atoms with Gasteiger partial charge in [-0.3, -0.25) is 9.69 Å². The van der Waals surface area contributed by atoms with Crippen molar-refractivity contribution in [1.29, 1.82) is 0 Å². The van der Waals surface area contributed by atoms with Crippen LogP contribution < -0.4 is 4.74 Å². The highest BCUT2D eigenvalue weighted by Gasteiger charge is 2.38. The quantitative estimate of drug-likeness (QED) is 0.574. The van der Waals surface area contributed by atoms with E-state index in [1.54, 1.807) is 0 Å². The Morgan fingerprint density at radius 2 is 2.04 bits per heavy atom. The number of carbonyl (C=O) groups excluding carboxylic acids is 1. The van der Waals surface area contributed by atoms with Crippen molar-refractivity contribution in [3.8, 4) is 5.75 Å². The first kappa shape index (κ1) is 15.9. The van der Waals surface area contributed by atoms with Crippen LogP contribution in [0.5, 0.6) is 5.75 Å². The molecule has 1 saturated heterocycles. The molecule has 1 aliphatic carbocycles. The van der Waals surface area contributed by atoms with E-state index in [0.29, 0.717) is 9.23 Å². The molecule has 1 aromatic rings. The number of benzene rings is 1. The minimum absolute atomic E-state index is 0.0591. The zero-order valence-electron chi connectivity index (χ0n) is 13.5. The minimum atomic E-state index is -0.0742. The van der Waals surface area contributed by atoms with Crippen molar-refractivity contribution < 1.29 is 9.53 Å². The third kappa shape index (κ3) is 2.80. The summed E-state index contributed by atoms with van der Waals surface area (Å²) in [5.74, 6) is 0.949. The zero-order valence-corrected chi connectivity index (χ0v) is 15.2. The number of rotatable bonds is 2. The lowest BCUT2D eigenvalue weighted by atomic mass is 10.0. The Hall–Kier alpha value is -1.59. The molecule has 2 aliphatic heterocycles. The largest absolute Gasteiger partial charge is 0.485 e. The molecule has 124 valence electrons. The second-order valence-corrected chi connectivity index (χ2v) is 8.11. The lowest BCUT2D eigenvalue weighted by Gasteiger charge is -2.23. The molecule has 2 heterocycles. The number of thiocarbonyl (C=S) groups is 1. The molecule has 0 bridgehead atoms. The summed E-state index contributed by atoms with van der Waals surface area (Å²) in [6.45, 7) is 2.01. The number of hydrogen-bond acceptors (Lipinski definition) is 4. The Bertz CT molecular complexity index is 762. The molecule has 0 N–H and O–H groups in total. The maximum atomic E-state index is 12.8. The van der Waals surface area contributed by atoms with Crippen LogP contribution in [0.4, 0.5) is 0 Å². The van der Waals surface area contributed by atoms with Gasteiger partial charge in [0.25, 0.3) is 5.91 Å². The van der Waals surface area contributed by atoms with E-state index in [2.05, 4.69) is 6.08 Å². The van der Waals surface area contributed by atoms with Gasteiger partial charge in [-0.2, -0.15) is 0 Å². The number of fused-ring (bicyclic) bond motifs is 1. The zero-order chi connectivity index (χ0) is 16.7. The van der Waals surface area contributed by atoms with Crippen molar-refractivity contribution in [3.05, 3.63) is 46.4 Å². The summed E-state index contributed by atoms with van der Waals surface area (Å²) in [6.07, 6.45) is 8.49. The molecular weight excluding hydrogens is 338 g/mol. The number of ether oxygens (including phenoxy) is 1. The summed E-state index contributed by atoms with van der Waals surface area (Å²) in [4.78, 5) is 15.4. The van der Waals surface area contributed by atoms with Crippen LogP contribution in [0.25, 0.3) is 6.08 Å². The molecule has 1 atom stereocenters. The van der Waals surface area contributed by atoms with Gasteiger partial charge in [-0.15, -0.1) is 0 Å². The van der Waals surface area contributed by atoms with E-state index in [4.69, 9.17) is 17.0 Å². The highest BCUT2D eigenvalue weighted by atomic mass is 32.2. The first-order valence-electron chi connectivity index (χ1n) is 8.38. The third-order valence-electron chi connectivity index (χ3n) is 4.83. The van der Waals surface area contributed by atoms with Gasteiger partial charge in [0, 0.05) is 11.6 Å². The Morgan fingerprint density at radius 3 is 2.83 bits per heavy atom. The molecule has 1 amide bonds. The Labute approximate surface area is 151 Å². The molecule has 5 heteroatoms. The van der Waals surface area contributed by atoms with Crippen molar-refractivity contribution in [1.82, 2.24) is 4.90 Å². The number of amides is 1. The Balaban J connectivity index is 1.63. The van der Waals surface area contributed by atoms with Crippen LogP contribution in [-0.4, -0.2) is 27.3 Å². The topological polar surface area (TPSA) is 29.5 Å². The van der Waals surface area contributed by atoms with E-state index in [-0.39, 0.29) is 18.1 Å². The molecule has 1 aromatic carbocycles. The van der Waals surface area contributed by atoms with Crippen LogP contribution in [0.15, 0.2) is 40.8 Å². The summed E-state index contributed by atoms with van der Waals surface area (Å²) in [7, 11) is 0. The summed E-state index contributed by atoms with van der Waals surface area (Å²) in [5.41, 5.74) is 2.06. The van der Waals surface area contributed by atoms with Crippen molar-refractivity contribution >= 4 is 40.3 Å². The summed E-state index contributed by atoms with van der Waals surface area (Å²) in [6, 6.07) is 8.25. The highest BCUT2D eigenvalue weighted by Crippen LogP contribution is 2.39. The number of nitrogens with zero attached hydrogens (tertiary/aromatic N) is 1. The van der Waals surface area contributed by atoms with Gasteiger partial charge < -0.3 is 4.74 Å². The smallest absolute Gasteiger partial charge is 0.266 e. The van der Waals surface area contributed by atoms with Gasteiger partial charge >= 0.3 is 0 Å². The van der Waals surface area contributed by atoms with E-state index in [0.717, 1.165) is 29.7 Å².